The number of nitro groups is 1. The molecule has 0 amide bonds. The Balaban J connectivity index is 2.22. The van der Waals surface area contributed by atoms with Crippen molar-refractivity contribution in [2.75, 3.05) is 5.43 Å². The Labute approximate surface area is 120 Å². The summed E-state index contributed by atoms with van der Waals surface area (Å²) in [5.74, 6) is 5.42. The normalized spacial score (nSPS) is 10.2. The fourth-order valence-electron chi connectivity index (χ4n) is 1.34. The van der Waals surface area contributed by atoms with Crippen molar-refractivity contribution < 1.29 is 9.66 Å². The zero-order valence-electron chi connectivity index (χ0n) is 9.37. The molecule has 19 heavy (non-hydrogen) atoms. The van der Waals surface area contributed by atoms with E-state index in [1.165, 1.54) is 6.07 Å². The van der Waals surface area contributed by atoms with Crippen LogP contribution in [0.25, 0.3) is 0 Å². The minimum atomic E-state index is -0.512. The Hall–Kier alpha value is -1.78. The van der Waals surface area contributed by atoms with E-state index in [2.05, 4.69) is 30.9 Å². The number of nitrogens with zero attached hydrogens (tertiary/aromatic N) is 3. The summed E-state index contributed by atoms with van der Waals surface area (Å²) in [5, 5.41) is 15.3. The fraction of sp³-hybridized carbons (Fsp3) is 0.111. The van der Waals surface area contributed by atoms with E-state index in [-0.39, 0.29) is 18.0 Å². The van der Waals surface area contributed by atoms with E-state index in [0.29, 0.717) is 15.2 Å². The van der Waals surface area contributed by atoms with E-state index in [4.69, 9.17) is 10.6 Å². The molecule has 3 N–H and O–H groups in total. The number of nitro benzene ring substituents is 1. The van der Waals surface area contributed by atoms with Crippen LogP contribution in [-0.2, 0) is 6.61 Å². The van der Waals surface area contributed by atoms with E-state index in [9.17, 15) is 10.1 Å². The molecule has 0 saturated carbocycles. The lowest BCUT2D eigenvalue weighted by molar-refractivity contribution is -0.386. The highest BCUT2D eigenvalue weighted by Crippen LogP contribution is 2.35. The first-order valence-corrected chi connectivity index (χ1v) is 6.53. The number of aromatic nitrogens is 2. The van der Waals surface area contributed by atoms with E-state index >= 15 is 0 Å². The lowest BCUT2D eigenvalue weighted by atomic mass is 10.3. The van der Waals surface area contributed by atoms with Gasteiger partial charge >= 0.3 is 5.69 Å². The van der Waals surface area contributed by atoms with Gasteiger partial charge in [-0.3, -0.25) is 10.1 Å². The van der Waals surface area contributed by atoms with Gasteiger partial charge in [0.15, 0.2) is 5.00 Å². The molecule has 1 aromatic heterocycles. The number of para-hydroxylation sites is 1. The monoisotopic (exact) mass is 345 g/mol. The molecule has 0 fully saturated rings. The molecule has 0 unspecified atom stereocenters. The van der Waals surface area contributed by atoms with Crippen molar-refractivity contribution in [1.29, 1.82) is 0 Å². The number of nitrogens with two attached hydrogens (primary N) is 1. The van der Waals surface area contributed by atoms with E-state index in [0.717, 1.165) is 11.5 Å². The molecule has 0 atom stereocenters. The third kappa shape index (κ3) is 2.97. The van der Waals surface area contributed by atoms with Crippen molar-refractivity contribution in [3.8, 4) is 5.75 Å². The molecule has 0 aliphatic rings. The Bertz CT molecular complexity index is 605. The average molecular weight is 346 g/mol. The minimum absolute atomic E-state index is 0.0273. The number of halogens is 1. The molecule has 2 rings (SSSR count). The summed E-state index contributed by atoms with van der Waals surface area (Å²) in [6, 6.07) is 4.58. The third-order valence-electron chi connectivity index (χ3n) is 2.18. The van der Waals surface area contributed by atoms with Crippen molar-refractivity contribution in [2.45, 2.75) is 6.61 Å². The number of rotatable bonds is 5. The fourth-order valence-corrected chi connectivity index (χ4v) is 2.29. The van der Waals surface area contributed by atoms with Gasteiger partial charge in [0.1, 0.15) is 12.3 Å². The van der Waals surface area contributed by atoms with Crippen molar-refractivity contribution in [1.82, 2.24) is 9.59 Å². The van der Waals surface area contributed by atoms with Crippen molar-refractivity contribution in [2.24, 2.45) is 5.84 Å². The zero-order chi connectivity index (χ0) is 13.8. The third-order valence-corrected chi connectivity index (χ3v) is 3.51. The molecule has 0 spiro atoms. The minimum Gasteiger partial charge on any atom is -0.479 e. The first-order chi connectivity index (χ1) is 9.13. The average Bonchev–Trinajstić information content (AvgIpc) is 2.84. The van der Waals surface area contributed by atoms with Crippen LogP contribution >= 0.6 is 27.5 Å². The second-order valence-corrected chi connectivity index (χ2v) is 4.94. The van der Waals surface area contributed by atoms with Crippen LogP contribution in [0.3, 0.4) is 0 Å². The van der Waals surface area contributed by atoms with E-state index < -0.39 is 4.92 Å². The van der Waals surface area contributed by atoms with Gasteiger partial charge in [0.25, 0.3) is 0 Å². The van der Waals surface area contributed by atoms with Gasteiger partial charge in [0.05, 0.1) is 9.40 Å². The first-order valence-electron chi connectivity index (χ1n) is 4.97. The number of hydrogen-bond acceptors (Lipinski definition) is 8. The highest BCUT2D eigenvalue weighted by Gasteiger charge is 2.19. The van der Waals surface area contributed by atoms with E-state index in [1.807, 2.05) is 0 Å². The van der Waals surface area contributed by atoms with Gasteiger partial charge in [0.2, 0.25) is 5.75 Å². The Kier molecular flexibility index (Phi) is 4.24. The summed E-state index contributed by atoms with van der Waals surface area (Å²) in [4.78, 5) is 10.4. The molecule has 2 aromatic rings. The quantitative estimate of drug-likeness (QED) is 0.484. The summed E-state index contributed by atoms with van der Waals surface area (Å²) in [7, 11) is 0. The van der Waals surface area contributed by atoms with Crippen LogP contribution in [0.5, 0.6) is 5.75 Å². The molecule has 1 aromatic carbocycles. The Morgan fingerprint density at radius 1 is 1.58 bits per heavy atom. The number of anilines is 1. The molecule has 10 heteroatoms. The van der Waals surface area contributed by atoms with Crippen LogP contribution in [0.4, 0.5) is 10.7 Å². The molecule has 0 radical (unpaired) electrons. The largest absolute Gasteiger partial charge is 0.479 e. The van der Waals surface area contributed by atoms with Gasteiger partial charge in [-0.05, 0) is 22.0 Å². The number of nitrogens with one attached hydrogen (secondary N) is 1. The zero-order valence-corrected chi connectivity index (χ0v) is 11.8. The number of hydrogen-bond donors (Lipinski definition) is 2. The molecule has 1 heterocycles. The maximum Gasteiger partial charge on any atom is 0.312 e. The molecule has 0 aliphatic heterocycles. The highest BCUT2D eigenvalue weighted by molar-refractivity contribution is 9.10. The Morgan fingerprint density at radius 3 is 3.05 bits per heavy atom. The topological polar surface area (TPSA) is 116 Å². The van der Waals surface area contributed by atoms with Crippen LogP contribution in [0.1, 0.15) is 5.69 Å². The first kappa shape index (κ1) is 13.6. The predicted octanol–water partition coefficient (Wildman–Crippen LogP) is 2.07. The SMILES string of the molecule is NNc1snnc1COc1c(Br)cccc1[N+](=O)[O-]. The molecule has 0 aliphatic carbocycles. The van der Waals surface area contributed by atoms with Crippen molar-refractivity contribution >= 4 is 38.2 Å². The standard InChI is InChI=1S/C9H8BrN5O3S/c10-5-2-1-3-7(15(16)17)8(5)18-4-6-9(12-11)19-14-13-6/h1-3,12H,4,11H2. The molecule has 8 nitrogen and oxygen atoms in total. The van der Waals surface area contributed by atoms with Crippen LogP contribution in [0.2, 0.25) is 0 Å². The molecule has 100 valence electrons. The maximum absolute atomic E-state index is 10.9. The predicted molar refractivity (Wildman–Crippen MR) is 72.8 cm³/mol. The van der Waals surface area contributed by atoms with Crippen LogP contribution in [0, 0.1) is 10.1 Å². The van der Waals surface area contributed by atoms with Crippen LogP contribution < -0.4 is 16.0 Å². The summed E-state index contributed by atoms with van der Waals surface area (Å²) < 4.78 is 9.64. The van der Waals surface area contributed by atoms with Crippen LogP contribution in [0.15, 0.2) is 22.7 Å². The number of benzene rings is 1. The van der Waals surface area contributed by atoms with Crippen LogP contribution in [-0.4, -0.2) is 14.5 Å². The molecular formula is C9H8BrN5O3S. The van der Waals surface area contributed by atoms with Gasteiger partial charge in [-0.2, -0.15) is 0 Å². The summed E-state index contributed by atoms with van der Waals surface area (Å²) in [6.45, 7) is 0.0273. The lowest BCUT2D eigenvalue weighted by Crippen LogP contribution is -2.09. The number of hydrazine groups is 1. The lowest BCUT2D eigenvalue weighted by Gasteiger charge is -2.07. The van der Waals surface area contributed by atoms with E-state index in [1.54, 1.807) is 12.1 Å². The summed E-state index contributed by atoms with van der Waals surface area (Å²) in [5.41, 5.74) is 2.79. The van der Waals surface area contributed by atoms with Gasteiger partial charge in [-0.15, -0.1) is 5.10 Å². The molecule has 0 saturated heterocycles. The summed E-state index contributed by atoms with van der Waals surface area (Å²) in [6.07, 6.45) is 0. The second-order valence-electron chi connectivity index (χ2n) is 3.33. The summed E-state index contributed by atoms with van der Waals surface area (Å²) >= 11 is 4.29. The van der Waals surface area contributed by atoms with Crippen molar-refractivity contribution in [3.63, 3.8) is 0 Å². The molecule has 0 bridgehead atoms. The Morgan fingerprint density at radius 2 is 2.37 bits per heavy atom. The van der Waals surface area contributed by atoms with Crippen molar-refractivity contribution in [3.05, 3.63) is 38.5 Å². The highest BCUT2D eigenvalue weighted by atomic mass is 79.9. The number of ether oxygens (including phenoxy) is 1. The van der Waals surface area contributed by atoms with Gasteiger partial charge < -0.3 is 10.2 Å². The van der Waals surface area contributed by atoms with Gasteiger partial charge in [-0.1, -0.05) is 10.6 Å². The van der Waals surface area contributed by atoms with Gasteiger partial charge in [0, 0.05) is 17.6 Å². The van der Waals surface area contributed by atoms with Gasteiger partial charge in [-0.25, -0.2) is 5.84 Å². The molecular weight excluding hydrogens is 338 g/mol. The smallest absolute Gasteiger partial charge is 0.312 e. The number of nitrogen functional groups attached to an aromatic ring is 1. The maximum atomic E-state index is 10.9. The second kappa shape index (κ2) is 5.91.